The van der Waals surface area contributed by atoms with E-state index in [4.69, 9.17) is 14.0 Å². The molecule has 2 aromatic heterocycles. The SMILES string of the molecule is COC(=O)c1cnc(N2C3CCC2CC(OCc2c(-c4c(F)cccc4F)noc2C2CC2)C3)nc1. The van der Waals surface area contributed by atoms with E-state index in [-0.39, 0.29) is 42.0 Å². The van der Waals surface area contributed by atoms with Crippen LogP contribution in [0.2, 0.25) is 0 Å². The highest BCUT2D eigenvalue weighted by molar-refractivity contribution is 5.88. The van der Waals surface area contributed by atoms with E-state index in [0.717, 1.165) is 38.5 Å². The van der Waals surface area contributed by atoms with Crippen LogP contribution in [0.3, 0.4) is 0 Å². The minimum atomic E-state index is -0.670. The summed E-state index contributed by atoms with van der Waals surface area (Å²) in [4.78, 5) is 22.7. The fourth-order valence-corrected chi connectivity index (χ4v) is 5.52. The van der Waals surface area contributed by atoms with E-state index in [1.54, 1.807) is 0 Å². The number of nitrogens with zero attached hydrogens (tertiary/aromatic N) is 4. The number of carbonyl (C=O) groups excluding carboxylic acids is 1. The van der Waals surface area contributed by atoms with Gasteiger partial charge in [0.05, 0.1) is 30.9 Å². The van der Waals surface area contributed by atoms with E-state index in [1.165, 1.54) is 37.7 Å². The van der Waals surface area contributed by atoms with Gasteiger partial charge in [0.25, 0.3) is 0 Å². The number of fused-ring (bicyclic) bond motifs is 2. The maximum atomic E-state index is 14.5. The molecule has 1 saturated carbocycles. The van der Waals surface area contributed by atoms with Crippen LogP contribution < -0.4 is 4.90 Å². The van der Waals surface area contributed by atoms with Crippen molar-refractivity contribution in [2.45, 2.75) is 69.2 Å². The second-order valence-electron chi connectivity index (χ2n) is 9.70. The molecule has 2 saturated heterocycles. The van der Waals surface area contributed by atoms with Gasteiger partial charge in [0.1, 0.15) is 23.1 Å². The predicted molar refractivity (Wildman–Crippen MR) is 124 cm³/mol. The minimum Gasteiger partial charge on any atom is -0.465 e. The number of benzene rings is 1. The van der Waals surface area contributed by atoms with E-state index >= 15 is 0 Å². The molecule has 2 atom stereocenters. The Bertz CT molecular complexity index is 1240. The van der Waals surface area contributed by atoms with Crippen LogP contribution in [0, 0.1) is 11.6 Å². The standard InChI is InChI=1S/C26H26F2N4O4/c1-34-25(33)15-11-29-26(30-12-15)32-16-7-8-17(32)10-18(9-16)35-13-19-23(31-36-24(19)14-5-6-14)22-20(27)3-2-4-21(22)28/h2-4,11-12,14,16-18H,5-10,13H2,1H3. The van der Waals surface area contributed by atoms with E-state index in [2.05, 4.69) is 20.0 Å². The lowest BCUT2D eigenvalue weighted by atomic mass is 9.99. The lowest BCUT2D eigenvalue weighted by Gasteiger charge is -2.38. The molecule has 1 aromatic carbocycles. The number of piperidine rings is 1. The average Bonchev–Trinajstić information content (AvgIpc) is 3.59. The first kappa shape index (κ1) is 23.0. The normalized spacial score (nSPS) is 23.2. The Morgan fingerprint density at radius 3 is 2.36 bits per heavy atom. The van der Waals surface area contributed by atoms with Gasteiger partial charge in [0.15, 0.2) is 0 Å². The summed E-state index contributed by atoms with van der Waals surface area (Å²) in [5.41, 5.74) is 0.966. The van der Waals surface area contributed by atoms with Gasteiger partial charge in [0, 0.05) is 36.0 Å². The van der Waals surface area contributed by atoms with Gasteiger partial charge < -0.3 is 18.9 Å². The van der Waals surface area contributed by atoms with Crippen molar-refractivity contribution in [3.05, 3.63) is 59.1 Å². The maximum Gasteiger partial charge on any atom is 0.341 e. The zero-order valence-corrected chi connectivity index (χ0v) is 19.8. The first-order valence-corrected chi connectivity index (χ1v) is 12.3. The zero-order chi connectivity index (χ0) is 24.8. The number of aromatic nitrogens is 3. The summed E-state index contributed by atoms with van der Waals surface area (Å²) in [5.74, 6) is -0.311. The zero-order valence-electron chi connectivity index (χ0n) is 19.8. The molecule has 0 radical (unpaired) electrons. The van der Waals surface area contributed by atoms with Crippen molar-refractivity contribution in [2.24, 2.45) is 0 Å². The highest BCUT2D eigenvalue weighted by atomic mass is 19.1. The fourth-order valence-electron chi connectivity index (χ4n) is 5.52. The third-order valence-electron chi connectivity index (χ3n) is 7.41. The molecule has 1 aliphatic carbocycles. The molecule has 2 bridgehead atoms. The van der Waals surface area contributed by atoms with Crippen molar-refractivity contribution in [3.63, 3.8) is 0 Å². The molecule has 188 valence electrons. The van der Waals surface area contributed by atoms with Gasteiger partial charge in [-0.1, -0.05) is 11.2 Å². The molecular weight excluding hydrogens is 470 g/mol. The Morgan fingerprint density at radius 2 is 1.75 bits per heavy atom. The molecule has 4 heterocycles. The summed E-state index contributed by atoms with van der Waals surface area (Å²) < 4.78 is 45.7. The summed E-state index contributed by atoms with van der Waals surface area (Å²) >= 11 is 0. The molecular formula is C26H26F2N4O4. The van der Waals surface area contributed by atoms with Crippen molar-refractivity contribution in [1.29, 1.82) is 0 Å². The molecule has 0 spiro atoms. The first-order chi connectivity index (χ1) is 17.5. The Morgan fingerprint density at radius 1 is 1.08 bits per heavy atom. The van der Waals surface area contributed by atoms with Crippen LogP contribution in [0.5, 0.6) is 0 Å². The highest BCUT2D eigenvalue weighted by Crippen LogP contribution is 2.45. The van der Waals surface area contributed by atoms with Crippen molar-refractivity contribution >= 4 is 11.9 Å². The summed E-state index contributed by atoms with van der Waals surface area (Å²) in [6, 6.07) is 4.21. The molecule has 0 N–H and O–H groups in total. The number of rotatable bonds is 7. The monoisotopic (exact) mass is 496 g/mol. The van der Waals surface area contributed by atoms with E-state index in [0.29, 0.717) is 22.8 Å². The number of hydrogen-bond acceptors (Lipinski definition) is 8. The van der Waals surface area contributed by atoms with Crippen LogP contribution in [0.4, 0.5) is 14.7 Å². The molecule has 2 unspecified atom stereocenters. The van der Waals surface area contributed by atoms with Gasteiger partial charge in [-0.05, 0) is 50.7 Å². The van der Waals surface area contributed by atoms with E-state index < -0.39 is 17.6 Å². The number of ether oxygens (including phenoxy) is 2. The van der Waals surface area contributed by atoms with Crippen LogP contribution in [-0.2, 0) is 16.1 Å². The van der Waals surface area contributed by atoms with Crippen LogP contribution in [-0.4, -0.2) is 46.4 Å². The van der Waals surface area contributed by atoms with E-state index in [9.17, 15) is 13.6 Å². The largest absolute Gasteiger partial charge is 0.465 e. The molecule has 36 heavy (non-hydrogen) atoms. The van der Waals surface area contributed by atoms with Gasteiger partial charge in [-0.25, -0.2) is 23.5 Å². The smallest absolute Gasteiger partial charge is 0.341 e. The molecule has 3 fully saturated rings. The lowest BCUT2D eigenvalue weighted by Crippen LogP contribution is -2.46. The summed E-state index contributed by atoms with van der Waals surface area (Å²) in [6.07, 6.45) is 8.47. The minimum absolute atomic E-state index is 0.0200. The number of methoxy groups -OCH3 is 1. The second-order valence-corrected chi connectivity index (χ2v) is 9.70. The van der Waals surface area contributed by atoms with E-state index in [1.807, 2.05) is 0 Å². The van der Waals surface area contributed by atoms with Gasteiger partial charge in [-0.15, -0.1) is 0 Å². The average molecular weight is 497 g/mol. The van der Waals surface area contributed by atoms with Crippen molar-refractivity contribution in [2.75, 3.05) is 12.0 Å². The number of carbonyl (C=O) groups is 1. The number of esters is 1. The highest BCUT2D eigenvalue weighted by Gasteiger charge is 2.43. The molecule has 8 nitrogen and oxygen atoms in total. The quantitative estimate of drug-likeness (QED) is 0.431. The van der Waals surface area contributed by atoms with Gasteiger partial charge in [0.2, 0.25) is 5.95 Å². The number of hydrogen-bond donors (Lipinski definition) is 0. The summed E-state index contributed by atoms with van der Waals surface area (Å²) in [7, 11) is 1.32. The summed E-state index contributed by atoms with van der Waals surface area (Å²) in [6.45, 7) is 0.187. The third-order valence-corrected chi connectivity index (χ3v) is 7.41. The summed E-state index contributed by atoms with van der Waals surface area (Å²) in [5, 5.41) is 4.06. The first-order valence-electron chi connectivity index (χ1n) is 12.3. The van der Waals surface area contributed by atoms with Crippen LogP contribution in [0.1, 0.15) is 66.1 Å². The topological polar surface area (TPSA) is 90.6 Å². The fraction of sp³-hybridized carbons (Fsp3) is 0.462. The Kier molecular flexibility index (Phi) is 5.91. The Balaban J connectivity index is 1.18. The van der Waals surface area contributed by atoms with Crippen molar-refractivity contribution in [3.8, 4) is 11.3 Å². The van der Waals surface area contributed by atoms with Crippen LogP contribution in [0.15, 0.2) is 35.1 Å². The Hall–Kier alpha value is -3.40. The third kappa shape index (κ3) is 4.13. The molecule has 0 amide bonds. The molecule has 2 aliphatic heterocycles. The van der Waals surface area contributed by atoms with Gasteiger partial charge >= 0.3 is 5.97 Å². The second kappa shape index (κ2) is 9.24. The molecule has 6 rings (SSSR count). The van der Waals surface area contributed by atoms with Crippen LogP contribution in [0.25, 0.3) is 11.3 Å². The van der Waals surface area contributed by atoms with Gasteiger partial charge in [-0.2, -0.15) is 0 Å². The molecule has 3 aromatic rings. The predicted octanol–water partition coefficient (Wildman–Crippen LogP) is 4.79. The maximum absolute atomic E-state index is 14.5. The number of halogens is 2. The van der Waals surface area contributed by atoms with Gasteiger partial charge in [-0.3, -0.25) is 0 Å². The van der Waals surface area contributed by atoms with Crippen LogP contribution >= 0.6 is 0 Å². The lowest BCUT2D eigenvalue weighted by molar-refractivity contribution is 0.0144. The van der Waals surface area contributed by atoms with Crippen molar-refractivity contribution in [1.82, 2.24) is 15.1 Å². The van der Waals surface area contributed by atoms with Crippen molar-refractivity contribution < 1.29 is 27.6 Å². The molecule has 3 aliphatic rings. The molecule has 10 heteroatoms. The Labute approximate surface area is 206 Å². The number of anilines is 1.